The molecule has 0 atom stereocenters. The molecule has 2 aromatic rings. The Morgan fingerprint density at radius 1 is 1.39 bits per heavy atom. The lowest BCUT2D eigenvalue weighted by molar-refractivity contribution is 0.102. The summed E-state index contributed by atoms with van der Waals surface area (Å²) in [4.78, 5) is 11.9. The summed E-state index contributed by atoms with van der Waals surface area (Å²) in [5, 5.41) is 12.3. The summed E-state index contributed by atoms with van der Waals surface area (Å²) in [6.07, 6.45) is 0. The van der Waals surface area contributed by atoms with E-state index in [-0.39, 0.29) is 11.5 Å². The highest BCUT2D eigenvalue weighted by Crippen LogP contribution is 2.24. The molecule has 2 rings (SSSR count). The molecule has 0 aliphatic heterocycles. The van der Waals surface area contributed by atoms with Crippen molar-refractivity contribution in [1.82, 2.24) is 20.2 Å². The van der Waals surface area contributed by atoms with E-state index in [1.807, 2.05) is 0 Å². The summed E-state index contributed by atoms with van der Waals surface area (Å²) in [6, 6.07) is 4.80. The molecule has 0 aliphatic carbocycles. The van der Waals surface area contributed by atoms with Gasteiger partial charge in [0.25, 0.3) is 0 Å². The molecule has 0 saturated carbocycles. The Morgan fingerprint density at radius 2 is 2.17 bits per heavy atom. The lowest BCUT2D eigenvalue weighted by Crippen LogP contribution is -2.04. The summed E-state index contributed by atoms with van der Waals surface area (Å²) in [6.45, 7) is 0. The van der Waals surface area contributed by atoms with Crippen LogP contribution in [0.4, 0.5) is 0 Å². The summed E-state index contributed by atoms with van der Waals surface area (Å²) in [7, 11) is 1.71. The number of ketones is 1. The first-order valence-corrected chi connectivity index (χ1v) is 6.65. The minimum atomic E-state index is -0.0541. The van der Waals surface area contributed by atoms with Crippen molar-refractivity contribution in [3.05, 3.63) is 33.8 Å². The minimum absolute atomic E-state index is 0.0541. The van der Waals surface area contributed by atoms with E-state index in [0.717, 1.165) is 0 Å². The van der Waals surface area contributed by atoms with Crippen LogP contribution in [-0.4, -0.2) is 31.7 Å². The quantitative estimate of drug-likeness (QED) is 0.641. The van der Waals surface area contributed by atoms with Crippen LogP contribution < -0.4 is 0 Å². The predicted molar refractivity (Wildman–Crippen MR) is 70.3 cm³/mol. The highest BCUT2D eigenvalue weighted by molar-refractivity contribution is 7.99. The van der Waals surface area contributed by atoms with Crippen LogP contribution in [0.25, 0.3) is 0 Å². The number of rotatable bonds is 4. The zero-order chi connectivity index (χ0) is 13.1. The molecule has 1 aromatic heterocycles. The molecule has 94 valence electrons. The molecule has 1 heterocycles. The second-order valence-electron chi connectivity index (χ2n) is 3.43. The summed E-state index contributed by atoms with van der Waals surface area (Å²) in [5.41, 5.74) is 0.520. The topological polar surface area (TPSA) is 60.7 Å². The average molecular weight is 303 g/mol. The van der Waals surface area contributed by atoms with Gasteiger partial charge in [0, 0.05) is 12.6 Å². The van der Waals surface area contributed by atoms with Crippen molar-refractivity contribution in [3.8, 4) is 0 Å². The van der Waals surface area contributed by atoms with E-state index >= 15 is 0 Å². The van der Waals surface area contributed by atoms with Crippen molar-refractivity contribution < 1.29 is 4.79 Å². The van der Waals surface area contributed by atoms with Gasteiger partial charge in [0.05, 0.1) is 15.8 Å². The fourth-order valence-corrected chi connectivity index (χ4v) is 2.27. The van der Waals surface area contributed by atoms with Crippen LogP contribution in [0.3, 0.4) is 0 Å². The number of carbonyl (C=O) groups is 1. The Bertz CT molecular complexity index is 587. The molecule has 0 saturated heterocycles. The molecule has 1 aromatic carbocycles. The molecule has 8 heteroatoms. The molecule has 0 radical (unpaired) electrons. The number of Topliss-reactive ketones (excluding diaryl/α,β-unsaturated/α-hetero) is 1. The first-order valence-electron chi connectivity index (χ1n) is 4.91. The maximum Gasteiger partial charge on any atom is 0.209 e. The number of aryl methyl sites for hydroxylation is 1. The van der Waals surface area contributed by atoms with E-state index in [0.29, 0.717) is 20.8 Å². The van der Waals surface area contributed by atoms with Crippen molar-refractivity contribution in [3.63, 3.8) is 0 Å². The van der Waals surface area contributed by atoms with E-state index in [1.165, 1.54) is 16.4 Å². The van der Waals surface area contributed by atoms with E-state index in [2.05, 4.69) is 15.5 Å². The second-order valence-corrected chi connectivity index (χ2v) is 5.18. The molecule has 0 aliphatic rings. The van der Waals surface area contributed by atoms with Gasteiger partial charge in [-0.15, -0.1) is 5.10 Å². The standard InChI is InChI=1S/C10H8Cl2N4OS/c1-16-10(13-14-15-16)18-5-9(17)6-2-3-7(11)8(12)4-6/h2-4H,5H2,1H3. The number of thioether (sulfide) groups is 1. The van der Waals surface area contributed by atoms with Crippen LogP contribution in [0.5, 0.6) is 0 Å². The maximum atomic E-state index is 11.9. The summed E-state index contributed by atoms with van der Waals surface area (Å²) in [5.74, 6) is 0.188. The zero-order valence-electron chi connectivity index (χ0n) is 9.30. The highest BCUT2D eigenvalue weighted by Gasteiger charge is 2.11. The van der Waals surface area contributed by atoms with Crippen molar-refractivity contribution in [1.29, 1.82) is 0 Å². The molecule has 0 amide bonds. The largest absolute Gasteiger partial charge is 0.293 e. The van der Waals surface area contributed by atoms with Gasteiger partial charge >= 0.3 is 0 Å². The van der Waals surface area contributed by atoms with E-state index in [9.17, 15) is 4.79 Å². The lowest BCUT2D eigenvalue weighted by atomic mass is 10.1. The molecular formula is C10H8Cl2N4OS. The number of carbonyl (C=O) groups excluding carboxylic acids is 1. The number of tetrazole rings is 1. The van der Waals surface area contributed by atoms with E-state index < -0.39 is 0 Å². The molecule has 0 bridgehead atoms. The van der Waals surface area contributed by atoms with Crippen LogP contribution in [0.2, 0.25) is 10.0 Å². The van der Waals surface area contributed by atoms with Crippen LogP contribution in [0.1, 0.15) is 10.4 Å². The maximum absolute atomic E-state index is 11.9. The number of nitrogens with zero attached hydrogens (tertiary/aromatic N) is 4. The molecule has 0 N–H and O–H groups in total. The highest BCUT2D eigenvalue weighted by atomic mass is 35.5. The first kappa shape index (κ1) is 13.3. The van der Waals surface area contributed by atoms with Gasteiger partial charge in [-0.3, -0.25) is 4.79 Å². The van der Waals surface area contributed by atoms with Crippen molar-refractivity contribution in [2.45, 2.75) is 5.16 Å². The van der Waals surface area contributed by atoms with Gasteiger partial charge in [-0.05, 0) is 28.6 Å². The fourth-order valence-electron chi connectivity index (χ4n) is 1.23. The zero-order valence-corrected chi connectivity index (χ0v) is 11.6. The van der Waals surface area contributed by atoms with Crippen molar-refractivity contribution >= 4 is 40.7 Å². The van der Waals surface area contributed by atoms with Gasteiger partial charge < -0.3 is 0 Å². The van der Waals surface area contributed by atoms with Gasteiger partial charge in [0.2, 0.25) is 5.16 Å². The van der Waals surface area contributed by atoms with Gasteiger partial charge in [0.1, 0.15) is 0 Å². The van der Waals surface area contributed by atoms with Gasteiger partial charge in [-0.25, -0.2) is 4.68 Å². The smallest absolute Gasteiger partial charge is 0.209 e. The third-order valence-electron chi connectivity index (χ3n) is 2.16. The Balaban J connectivity index is 2.04. The molecule has 0 unspecified atom stereocenters. The van der Waals surface area contributed by atoms with Crippen molar-refractivity contribution in [2.24, 2.45) is 7.05 Å². The average Bonchev–Trinajstić information content (AvgIpc) is 2.75. The Hall–Kier alpha value is -1.11. The molecule has 5 nitrogen and oxygen atoms in total. The van der Waals surface area contributed by atoms with Crippen molar-refractivity contribution in [2.75, 3.05) is 5.75 Å². The Labute approximate surface area is 117 Å². The Morgan fingerprint density at radius 3 is 2.78 bits per heavy atom. The first-order chi connectivity index (χ1) is 8.58. The predicted octanol–water partition coefficient (Wildman–Crippen LogP) is 2.49. The van der Waals surface area contributed by atoms with E-state index in [1.54, 1.807) is 25.2 Å². The van der Waals surface area contributed by atoms with Crippen LogP contribution >= 0.6 is 35.0 Å². The number of halogens is 2. The Kier molecular flexibility index (Phi) is 4.21. The monoisotopic (exact) mass is 302 g/mol. The molecule has 18 heavy (non-hydrogen) atoms. The van der Waals surface area contributed by atoms with Gasteiger partial charge in [-0.1, -0.05) is 35.0 Å². The van der Waals surface area contributed by atoms with Crippen LogP contribution in [-0.2, 0) is 7.05 Å². The van der Waals surface area contributed by atoms with E-state index in [4.69, 9.17) is 23.2 Å². The summed E-state index contributed by atoms with van der Waals surface area (Å²) >= 11 is 12.9. The number of hydrogen-bond donors (Lipinski definition) is 0. The SMILES string of the molecule is Cn1nnnc1SCC(=O)c1ccc(Cl)c(Cl)c1. The third kappa shape index (κ3) is 3.01. The van der Waals surface area contributed by atoms with Crippen LogP contribution in [0.15, 0.2) is 23.4 Å². The number of benzene rings is 1. The second kappa shape index (κ2) is 5.69. The lowest BCUT2D eigenvalue weighted by Gasteiger charge is -2.02. The minimum Gasteiger partial charge on any atom is -0.293 e. The van der Waals surface area contributed by atoms with Crippen LogP contribution in [0, 0.1) is 0 Å². The summed E-state index contributed by atoms with van der Waals surface area (Å²) < 4.78 is 1.51. The van der Waals surface area contributed by atoms with Gasteiger partial charge in [-0.2, -0.15) is 0 Å². The number of hydrogen-bond acceptors (Lipinski definition) is 5. The third-order valence-corrected chi connectivity index (χ3v) is 3.90. The molecular weight excluding hydrogens is 295 g/mol. The molecule has 0 fully saturated rings. The normalized spacial score (nSPS) is 10.6. The number of aromatic nitrogens is 4. The van der Waals surface area contributed by atoms with Gasteiger partial charge in [0.15, 0.2) is 5.78 Å². The fraction of sp³-hybridized carbons (Fsp3) is 0.200. The molecule has 0 spiro atoms.